The molecule has 0 aromatic rings. The summed E-state index contributed by atoms with van der Waals surface area (Å²) in [5.74, 6) is 2.40. The molecule has 4 atom stereocenters. The maximum atomic E-state index is 12.2. The van der Waals surface area contributed by atoms with Crippen molar-refractivity contribution < 1.29 is 4.79 Å². The van der Waals surface area contributed by atoms with Crippen molar-refractivity contribution in [2.24, 2.45) is 29.1 Å². The lowest BCUT2D eigenvalue weighted by molar-refractivity contribution is -0.131. The molecule has 0 amide bonds. The van der Waals surface area contributed by atoms with E-state index in [0.717, 1.165) is 13.0 Å². The van der Waals surface area contributed by atoms with Gasteiger partial charge in [-0.15, -0.1) is 0 Å². The van der Waals surface area contributed by atoms with E-state index < -0.39 is 0 Å². The van der Waals surface area contributed by atoms with Gasteiger partial charge in [0.05, 0.1) is 0 Å². The van der Waals surface area contributed by atoms with E-state index in [1.165, 1.54) is 0 Å². The topological polar surface area (TPSA) is 20.3 Å². The van der Waals surface area contributed by atoms with Gasteiger partial charge in [0, 0.05) is 18.4 Å². The van der Waals surface area contributed by atoms with Gasteiger partial charge in [0.1, 0.15) is 5.78 Å². The highest BCUT2D eigenvalue weighted by atomic mass is 16.1. The number of hydrogen-bond acceptors (Lipinski definition) is 2. The van der Waals surface area contributed by atoms with Gasteiger partial charge in [-0.25, -0.2) is 0 Å². The van der Waals surface area contributed by atoms with Crippen LogP contribution < -0.4 is 0 Å². The molecule has 0 aliphatic heterocycles. The number of rotatable bonds is 2. The van der Waals surface area contributed by atoms with E-state index in [9.17, 15) is 4.79 Å². The third-order valence-corrected chi connectivity index (χ3v) is 5.02. The van der Waals surface area contributed by atoms with Crippen LogP contribution in [-0.2, 0) is 4.79 Å². The summed E-state index contributed by atoms with van der Waals surface area (Å²) in [7, 11) is 4.13. The molecule has 0 aromatic carbocycles. The zero-order valence-electron chi connectivity index (χ0n) is 10.6. The monoisotopic (exact) mass is 209 g/mol. The molecular formula is C13H23NO. The first-order valence-corrected chi connectivity index (χ1v) is 6.04. The van der Waals surface area contributed by atoms with Crippen molar-refractivity contribution in [2.75, 3.05) is 20.6 Å². The Hall–Kier alpha value is -0.370. The quantitative estimate of drug-likeness (QED) is 0.693. The van der Waals surface area contributed by atoms with Crippen LogP contribution in [0.2, 0.25) is 0 Å². The van der Waals surface area contributed by atoms with Crippen LogP contribution >= 0.6 is 0 Å². The van der Waals surface area contributed by atoms with Crippen LogP contribution in [0.15, 0.2) is 0 Å². The molecule has 15 heavy (non-hydrogen) atoms. The van der Waals surface area contributed by atoms with Crippen molar-refractivity contribution in [2.45, 2.75) is 27.2 Å². The van der Waals surface area contributed by atoms with Gasteiger partial charge in [-0.05, 0) is 37.8 Å². The van der Waals surface area contributed by atoms with Crippen molar-refractivity contribution in [3.8, 4) is 0 Å². The van der Waals surface area contributed by atoms with Gasteiger partial charge in [0.2, 0.25) is 0 Å². The van der Waals surface area contributed by atoms with Crippen molar-refractivity contribution >= 4 is 5.78 Å². The van der Waals surface area contributed by atoms with Crippen LogP contribution in [-0.4, -0.2) is 31.3 Å². The highest BCUT2D eigenvalue weighted by molar-refractivity contribution is 5.87. The molecule has 0 N–H and O–H groups in total. The summed E-state index contributed by atoms with van der Waals surface area (Å²) in [4.78, 5) is 14.3. The second kappa shape index (κ2) is 3.31. The van der Waals surface area contributed by atoms with Crippen LogP contribution in [0.5, 0.6) is 0 Å². The third kappa shape index (κ3) is 1.45. The summed E-state index contributed by atoms with van der Waals surface area (Å²) in [6, 6.07) is 0. The van der Waals surface area contributed by atoms with Crippen LogP contribution in [0, 0.1) is 29.1 Å². The molecule has 0 heterocycles. The minimum atomic E-state index is 0.302. The number of carbonyl (C=O) groups excluding carboxylic acids is 1. The average molecular weight is 209 g/mol. The average Bonchev–Trinajstić information content (AvgIpc) is 2.52. The molecule has 2 rings (SSSR count). The molecule has 2 nitrogen and oxygen atoms in total. The molecule has 0 radical (unpaired) electrons. The lowest BCUT2D eigenvalue weighted by Gasteiger charge is -2.40. The van der Waals surface area contributed by atoms with Gasteiger partial charge < -0.3 is 4.90 Å². The molecule has 2 fully saturated rings. The number of nitrogens with zero attached hydrogens (tertiary/aromatic N) is 1. The smallest absolute Gasteiger partial charge is 0.140 e. The Morgan fingerprint density at radius 1 is 1.40 bits per heavy atom. The number of ketones is 1. The molecule has 2 saturated carbocycles. The molecule has 2 heteroatoms. The summed E-state index contributed by atoms with van der Waals surface area (Å²) < 4.78 is 0. The summed E-state index contributed by atoms with van der Waals surface area (Å²) in [5.41, 5.74) is 0.360. The maximum absolute atomic E-state index is 12.2. The third-order valence-electron chi connectivity index (χ3n) is 5.02. The highest BCUT2D eigenvalue weighted by Gasteiger charge is 2.59. The molecule has 2 aliphatic rings. The molecule has 0 saturated heterocycles. The van der Waals surface area contributed by atoms with Gasteiger partial charge in [0.25, 0.3) is 0 Å². The first-order valence-electron chi connectivity index (χ1n) is 6.04. The summed E-state index contributed by atoms with van der Waals surface area (Å²) >= 11 is 0. The minimum absolute atomic E-state index is 0.302. The lowest BCUT2D eigenvalue weighted by atomic mass is 9.65. The van der Waals surface area contributed by atoms with Crippen LogP contribution in [0.1, 0.15) is 27.2 Å². The van der Waals surface area contributed by atoms with Crippen LogP contribution in [0.25, 0.3) is 0 Å². The van der Waals surface area contributed by atoms with E-state index in [2.05, 4.69) is 39.8 Å². The van der Waals surface area contributed by atoms with Crippen molar-refractivity contribution in [3.63, 3.8) is 0 Å². The Kier molecular flexibility index (Phi) is 2.45. The SMILES string of the molecule is C[C@@H]1[C@H]2C[C@H]([C@@H](CN(C)C)C2=O)C1(C)C. The van der Waals surface area contributed by atoms with Crippen molar-refractivity contribution in [3.05, 3.63) is 0 Å². The van der Waals surface area contributed by atoms with Crippen LogP contribution in [0.3, 0.4) is 0 Å². The van der Waals surface area contributed by atoms with E-state index in [1.54, 1.807) is 0 Å². The summed E-state index contributed by atoms with van der Waals surface area (Å²) in [5, 5.41) is 0. The Bertz CT molecular complexity index is 282. The predicted octanol–water partition coefficient (Wildman–Crippen LogP) is 2.05. The Morgan fingerprint density at radius 2 is 2.00 bits per heavy atom. The van der Waals surface area contributed by atoms with Gasteiger partial charge >= 0.3 is 0 Å². The first kappa shape index (κ1) is 11.1. The largest absolute Gasteiger partial charge is 0.309 e. The first-order chi connectivity index (χ1) is 6.85. The highest BCUT2D eigenvalue weighted by Crippen LogP contribution is 2.59. The summed E-state index contributed by atoms with van der Waals surface area (Å²) in [6.45, 7) is 7.89. The fraction of sp³-hybridized carbons (Fsp3) is 0.923. The number of fused-ring (bicyclic) bond motifs is 2. The van der Waals surface area contributed by atoms with Gasteiger partial charge in [-0.3, -0.25) is 4.79 Å². The van der Waals surface area contributed by atoms with Gasteiger partial charge in [0.15, 0.2) is 0 Å². The lowest BCUT2D eigenvalue weighted by Crippen LogP contribution is -2.43. The fourth-order valence-corrected chi connectivity index (χ4v) is 3.77. The molecule has 0 aromatic heterocycles. The van der Waals surface area contributed by atoms with Crippen molar-refractivity contribution in [1.29, 1.82) is 0 Å². The van der Waals surface area contributed by atoms with E-state index in [4.69, 9.17) is 0 Å². The van der Waals surface area contributed by atoms with E-state index in [-0.39, 0.29) is 0 Å². The Morgan fingerprint density at radius 3 is 2.47 bits per heavy atom. The number of carbonyl (C=O) groups is 1. The van der Waals surface area contributed by atoms with E-state index >= 15 is 0 Å². The van der Waals surface area contributed by atoms with Gasteiger partial charge in [-0.1, -0.05) is 20.8 Å². The Labute approximate surface area is 93.0 Å². The fourth-order valence-electron chi connectivity index (χ4n) is 3.77. The number of hydrogen-bond donors (Lipinski definition) is 0. The van der Waals surface area contributed by atoms with Crippen molar-refractivity contribution in [1.82, 2.24) is 4.90 Å². The number of Topliss-reactive ketones (excluding diaryl/α,β-unsaturated/α-hetero) is 1. The maximum Gasteiger partial charge on any atom is 0.140 e. The molecular weight excluding hydrogens is 186 g/mol. The molecule has 0 spiro atoms. The predicted molar refractivity (Wildman–Crippen MR) is 61.6 cm³/mol. The minimum Gasteiger partial charge on any atom is -0.309 e. The van der Waals surface area contributed by atoms with E-state index in [1.807, 2.05) is 0 Å². The summed E-state index contributed by atoms with van der Waals surface area (Å²) in [6.07, 6.45) is 1.14. The molecule has 86 valence electrons. The molecule has 2 aliphatic carbocycles. The zero-order valence-corrected chi connectivity index (χ0v) is 10.6. The Balaban J connectivity index is 2.21. The van der Waals surface area contributed by atoms with Crippen LogP contribution in [0.4, 0.5) is 0 Å². The van der Waals surface area contributed by atoms with Gasteiger partial charge in [-0.2, -0.15) is 0 Å². The standard InChI is InChI=1S/C13H23NO/c1-8-9-6-11(13(8,2)3)10(12(9)15)7-14(4)5/h8-11H,6-7H2,1-5H3/t8-,9-,10-,11-/m1/s1. The normalized spacial score (nSPS) is 42.9. The zero-order chi connectivity index (χ0) is 11.4. The van der Waals surface area contributed by atoms with E-state index in [0.29, 0.717) is 34.9 Å². The molecule has 0 unspecified atom stereocenters. The second-order valence-electron chi connectivity index (χ2n) is 6.33. The second-order valence-corrected chi connectivity index (χ2v) is 6.33. The molecule has 2 bridgehead atoms.